The predicted octanol–water partition coefficient (Wildman–Crippen LogP) is 2.37. The van der Waals surface area contributed by atoms with Gasteiger partial charge in [0.2, 0.25) is 10.0 Å². The van der Waals surface area contributed by atoms with E-state index in [4.69, 9.17) is 0 Å². The Kier molecular flexibility index (Phi) is 5.23. The lowest BCUT2D eigenvalue weighted by molar-refractivity contribution is 0.336. The van der Waals surface area contributed by atoms with Crippen LogP contribution in [0.5, 0.6) is 0 Å². The molecule has 1 aliphatic rings. The lowest BCUT2D eigenvalue weighted by atomic mass is 9.89. The largest absolute Gasteiger partial charge is 0.319 e. The summed E-state index contributed by atoms with van der Waals surface area (Å²) in [5, 5.41) is 3.07. The SMILES string of the molecule is CNCCc1ccc(S(=O)(=O)NCC2(C)CCCC2)s1. The van der Waals surface area contributed by atoms with E-state index >= 15 is 0 Å². The molecule has 0 atom stereocenters. The summed E-state index contributed by atoms with van der Waals surface area (Å²) in [6.45, 7) is 3.60. The van der Waals surface area contributed by atoms with Gasteiger partial charge in [-0.1, -0.05) is 19.8 Å². The van der Waals surface area contributed by atoms with Crippen molar-refractivity contribution in [2.75, 3.05) is 20.1 Å². The highest BCUT2D eigenvalue weighted by atomic mass is 32.2. The van der Waals surface area contributed by atoms with E-state index in [0.717, 1.165) is 30.7 Å². The molecule has 0 bridgehead atoms. The van der Waals surface area contributed by atoms with Gasteiger partial charge in [-0.25, -0.2) is 13.1 Å². The molecule has 1 heterocycles. The van der Waals surface area contributed by atoms with Crippen LogP contribution in [0.15, 0.2) is 16.3 Å². The van der Waals surface area contributed by atoms with Crippen LogP contribution in [-0.2, 0) is 16.4 Å². The molecule has 0 spiro atoms. The van der Waals surface area contributed by atoms with E-state index < -0.39 is 10.0 Å². The normalized spacial score (nSPS) is 18.5. The topological polar surface area (TPSA) is 58.2 Å². The van der Waals surface area contributed by atoms with Crippen LogP contribution in [0.2, 0.25) is 0 Å². The summed E-state index contributed by atoms with van der Waals surface area (Å²) < 4.78 is 27.8. The van der Waals surface area contributed by atoms with Crippen LogP contribution in [0.3, 0.4) is 0 Å². The van der Waals surface area contributed by atoms with Gasteiger partial charge < -0.3 is 5.32 Å². The van der Waals surface area contributed by atoms with Gasteiger partial charge in [0, 0.05) is 11.4 Å². The molecule has 2 N–H and O–H groups in total. The number of hydrogen-bond acceptors (Lipinski definition) is 4. The zero-order valence-electron chi connectivity index (χ0n) is 12.2. The number of thiophene rings is 1. The van der Waals surface area contributed by atoms with Crippen molar-refractivity contribution in [3.8, 4) is 0 Å². The Hall–Kier alpha value is -0.430. The second-order valence-corrected chi connectivity index (χ2v) is 9.08. The van der Waals surface area contributed by atoms with Crippen LogP contribution < -0.4 is 10.0 Å². The number of rotatable bonds is 7. The molecule has 1 saturated carbocycles. The maximum Gasteiger partial charge on any atom is 0.250 e. The van der Waals surface area contributed by atoms with Crippen molar-refractivity contribution in [3.05, 3.63) is 17.0 Å². The van der Waals surface area contributed by atoms with E-state index in [1.54, 1.807) is 6.07 Å². The summed E-state index contributed by atoms with van der Waals surface area (Å²) in [5.74, 6) is 0. The highest BCUT2D eigenvalue weighted by molar-refractivity contribution is 7.91. The molecule has 1 aromatic heterocycles. The molecule has 0 saturated heterocycles. The molecule has 1 aliphatic carbocycles. The molecule has 0 amide bonds. The quantitative estimate of drug-likeness (QED) is 0.812. The maximum absolute atomic E-state index is 12.3. The zero-order chi connectivity index (χ0) is 14.6. The van der Waals surface area contributed by atoms with Crippen molar-refractivity contribution in [2.24, 2.45) is 5.41 Å². The summed E-state index contributed by atoms with van der Waals surface area (Å²) >= 11 is 1.37. The van der Waals surface area contributed by atoms with Gasteiger partial charge in [0.1, 0.15) is 4.21 Å². The standard InChI is InChI=1S/C14H24N2O2S2/c1-14(8-3-4-9-14)11-16-20(17,18)13-6-5-12(19-13)7-10-15-2/h5-6,15-16H,3-4,7-11H2,1-2H3. The summed E-state index contributed by atoms with van der Waals surface area (Å²) in [6, 6.07) is 3.63. The molecule has 1 aromatic rings. The second kappa shape index (κ2) is 6.56. The number of sulfonamides is 1. The average Bonchev–Trinajstić information content (AvgIpc) is 3.04. The van der Waals surface area contributed by atoms with E-state index in [1.807, 2.05) is 13.1 Å². The molecule has 2 rings (SSSR count). The molecule has 0 aromatic carbocycles. The van der Waals surface area contributed by atoms with Gasteiger partial charge in [-0.05, 0) is 50.4 Å². The Balaban J connectivity index is 1.97. The molecule has 0 aliphatic heterocycles. The minimum atomic E-state index is -3.34. The zero-order valence-corrected chi connectivity index (χ0v) is 13.9. The molecule has 1 fully saturated rings. The predicted molar refractivity (Wildman–Crippen MR) is 83.7 cm³/mol. The van der Waals surface area contributed by atoms with Gasteiger partial charge in [0.05, 0.1) is 0 Å². The summed E-state index contributed by atoms with van der Waals surface area (Å²) in [5.41, 5.74) is 0.138. The molecule has 4 nitrogen and oxygen atoms in total. The molecule has 20 heavy (non-hydrogen) atoms. The Morgan fingerprint density at radius 3 is 2.65 bits per heavy atom. The minimum absolute atomic E-state index is 0.138. The number of nitrogens with one attached hydrogen (secondary N) is 2. The van der Waals surface area contributed by atoms with Gasteiger partial charge in [0.15, 0.2) is 0 Å². The van der Waals surface area contributed by atoms with Crippen molar-refractivity contribution in [2.45, 2.75) is 43.2 Å². The van der Waals surface area contributed by atoms with E-state index in [0.29, 0.717) is 10.8 Å². The second-order valence-electron chi connectivity index (χ2n) is 5.92. The first-order valence-corrected chi connectivity index (χ1v) is 9.48. The molecule has 0 unspecified atom stereocenters. The average molecular weight is 316 g/mol. The van der Waals surface area contributed by atoms with E-state index in [-0.39, 0.29) is 5.41 Å². The van der Waals surface area contributed by atoms with Crippen molar-refractivity contribution >= 4 is 21.4 Å². The van der Waals surface area contributed by atoms with Gasteiger partial charge in [-0.2, -0.15) is 0 Å². The van der Waals surface area contributed by atoms with Gasteiger partial charge in [-0.15, -0.1) is 11.3 Å². The van der Waals surface area contributed by atoms with E-state index in [1.165, 1.54) is 24.2 Å². The van der Waals surface area contributed by atoms with Crippen LogP contribution in [-0.4, -0.2) is 28.6 Å². The third-order valence-electron chi connectivity index (χ3n) is 4.02. The first-order valence-electron chi connectivity index (χ1n) is 7.18. The van der Waals surface area contributed by atoms with E-state index in [2.05, 4.69) is 17.0 Å². The van der Waals surface area contributed by atoms with Crippen LogP contribution >= 0.6 is 11.3 Å². The first-order chi connectivity index (χ1) is 9.45. The Bertz CT molecular complexity index is 531. The minimum Gasteiger partial charge on any atom is -0.319 e. The van der Waals surface area contributed by atoms with E-state index in [9.17, 15) is 8.42 Å². The smallest absolute Gasteiger partial charge is 0.250 e. The third kappa shape index (κ3) is 4.04. The van der Waals surface area contributed by atoms with Gasteiger partial charge in [-0.3, -0.25) is 0 Å². The summed E-state index contributed by atoms with van der Waals surface area (Å²) in [7, 11) is -1.44. The number of likely N-dealkylation sites (N-methyl/N-ethyl adjacent to an activating group) is 1. The van der Waals surface area contributed by atoms with Crippen molar-refractivity contribution in [1.29, 1.82) is 0 Å². The highest BCUT2D eigenvalue weighted by Crippen LogP contribution is 2.37. The van der Waals surface area contributed by atoms with Gasteiger partial charge >= 0.3 is 0 Å². The summed E-state index contributed by atoms with van der Waals surface area (Å²) in [4.78, 5) is 1.10. The van der Waals surface area contributed by atoms with Crippen LogP contribution in [0, 0.1) is 5.41 Å². The molecule has 0 radical (unpaired) electrons. The third-order valence-corrected chi connectivity index (χ3v) is 7.06. The fourth-order valence-electron chi connectivity index (χ4n) is 2.63. The van der Waals surface area contributed by atoms with Crippen molar-refractivity contribution in [3.63, 3.8) is 0 Å². The molecule has 6 heteroatoms. The van der Waals surface area contributed by atoms with Crippen molar-refractivity contribution in [1.82, 2.24) is 10.0 Å². The lowest BCUT2D eigenvalue weighted by Crippen LogP contribution is -2.33. The number of hydrogen-bond donors (Lipinski definition) is 2. The maximum atomic E-state index is 12.3. The van der Waals surface area contributed by atoms with Gasteiger partial charge in [0.25, 0.3) is 0 Å². The van der Waals surface area contributed by atoms with Crippen LogP contribution in [0.4, 0.5) is 0 Å². The lowest BCUT2D eigenvalue weighted by Gasteiger charge is -2.23. The fourth-order valence-corrected chi connectivity index (χ4v) is 5.23. The van der Waals surface area contributed by atoms with Crippen LogP contribution in [0.25, 0.3) is 0 Å². The monoisotopic (exact) mass is 316 g/mol. The highest BCUT2D eigenvalue weighted by Gasteiger charge is 2.30. The molecular weight excluding hydrogens is 292 g/mol. The molecule has 114 valence electrons. The Labute approximate surface area is 126 Å². The van der Waals surface area contributed by atoms with Crippen molar-refractivity contribution < 1.29 is 8.42 Å². The Morgan fingerprint density at radius 2 is 2.00 bits per heavy atom. The molecular formula is C14H24N2O2S2. The first kappa shape index (κ1) is 15.9. The fraction of sp³-hybridized carbons (Fsp3) is 0.714. The van der Waals surface area contributed by atoms with Crippen LogP contribution in [0.1, 0.15) is 37.5 Å². The Morgan fingerprint density at radius 1 is 1.30 bits per heavy atom. The summed E-state index contributed by atoms with van der Waals surface area (Å²) in [6.07, 6.45) is 5.53.